The van der Waals surface area contributed by atoms with Gasteiger partial charge in [-0.05, 0) is 50.1 Å². The summed E-state index contributed by atoms with van der Waals surface area (Å²) in [5, 5.41) is 17.3. The maximum atomic E-state index is 13.4. The monoisotopic (exact) mass is 530 g/mol. The maximum absolute atomic E-state index is 13.4. The molecule has 3 amide bonds. The number of thiophene rings is 1. The molecular weight excluding hydrogens is 500 g/mol. The minimum absolute atomic E-state index is 0.183. The molecule has 0 bridgehead atoms. The van der Waals surface area contributed by atoms with E-state index >= 15 is 0 Å². The van der Waals surface area contributed by atoms with E-state index in [1.54, 1.807) is 29.3 Å². The van der Waals surface area contributed by atoms with E-state index in [0.29, 0.717) is 56.5 Å². The fourth-order valence-electron chi connectivity index (χ4n) is 4.86. The molecule has 3 heterocycles. The Hall–Kier alpha value is -3.95. The van der Waals surface area contributed by atoms with E-state index in [2.05, 4.69) is 22.2 Å². The molecule has 8 nitrogen and oxygen atoms in total. The lowest BCUT2D eigenvalue weighted by atomic mass is 9.85. The fraction of sp³-hybridized carbons (Fsp3) is 0.276. The van der Waals surface area contributed by atoms with Gasteiger partial charge in [-0.2, -0.15) is 0 Å². The van der Waals surface area contributed by atoms with Crippen LogP contribution in [0.5, 0.6) is 5.75 Å². The van der Waals surface area contributed by atoms with Crippen molar-refractivity contribution >= 4 is 44.9 Å². The van der Waals surface area contributed by atoms with Gasteiger partial charge in [0.2, 0.25) is 0 Å². The highest BCUT2D eigenvalue weighted by Crippen LogP contribution is 2.44. The summed E-state index contributed by atoms with van der Waals surface area (Å²) in [5.41, 5.74) is 0.795. The van der Waals surface area contributed by atoms with Crippen LogP contribution in [0.25, 0.3) is 10.2 Å². The summed E-state index contributed by atoms with van der Waals surface area (Å²) < 4.78 is 5.74. The first-order valence-corrected chi connectivity index (χ1v) is 13.5. The summed E-state index contributed by atoms with van der Waals surface area (Å²) in [5.74, 6) is 0.755. The molecule has 2 aromatic heterocycles. The van der Waals surface area contributed by atoms with Crippen molar-refractivity contribution < 1.29 is 19.4 Å². The molecule has 1 aromatic carbocycles. The fourth-order valence-corrected chi connectivity index (χ4v) is 5.90. The number of hydrogen-bond acceptors (Lipinski definition) is 6. The highest BCUT2D eigenvalue weighted by atomic mass is 32.1. The van der Waals surface area contributed by atoms with Gasteiger partial charge in [0.25, 0.3) is 5.91 Å². The number of ether oxygens (including phenoxy) is 1. The minimum Gasteiger partial charge on any atom is -0.458 e. The van der Waals surface area contributed by atoms with Gasteiger partial charge in [0.1, 0.15) is 21.2 Å². The number of benzene rings is 1. The van der Waals surface area contributed by atoms with Crippen molar-refractivity contribution in [1.82, 2.24) is 10.3 Å². The van der Waals surface area contributed by atoms with Crippen molar-refractivity contribution in [3.63, 3.8) is 0 Å². The molecule has 1 saturated carbocycles. The number of anilines is 2. The van der Waals surface area contributed by atoms with E-state index in [9.17, 15) is 14.7 Å². The van der Waals surface area contributed by atoms with Gasteiger partial charge in [0.15, 0.2) is 0 Å². The van der Waals surface area contributed by atoms with E-state index < -0.39 is 11.6 Å². The first-order chi connectivity index (χ1) is 18.4. The zero-order valence-corrected chi connectivity index (χ0v) is 22.0. The van der Waals surface area contributed by atoms with Crippen LogP contribution in [-0.2, 0) is 0 Å². The molecular formula is C29H30N4O4S. The second-order valence-electron chi connectivity index (χ2n) is 9.48. The van der Waals surface area contributed by atoms with Crippen LogP contribution in [0.3, 0.4) is 0 Å². The SMILES string of the molecule is C=C(/C=C\C(=C/C)N1C(=O)Nc2c(C(=O)NCC3(O)CCCCC3)sc3nccc1c23)Oc1ccccc1. The van der Waals surface area contributed by atoms with Crippen molar-refractivity contribution in [2.45, 2.75) is 44.6 Å². The van der Waals surface area contributed by atoms with Crippen LogP contribution in [-0.4, -0.2) is 34.2 Å². The summed E-state index contributed by atoms with van der Waals surface area (Å²) >= 11 is 1.22. The van der Waals surface area contributed by atoms with Crippen LogP contribution in [0, 0.1) is 0 Å². The first kappa shape index (κ1) is 25.7. The number of urea groups is 1. The Bertz CT molecular complexity index is 1440. The summed E-state index contributed by atoms with van der Waals surface area (Å²) in [7, 11) is 0. The first-order valence-electron chi connectivity index (χ1n) is 12.7. The maximum Gasteiger partial charge on any atom is 0.331 e. The molecule has 9 heteroatoms. The predicted molar refractivity (Wildman–Crippen MR) is 151 cm³/mol. The molecule has 0 saturated heterocycles. The second kappa shape index (κ2) is 10.8. The van der Waals surface area contributed by atoms with Gasteiger partial charge < -0.3 is 20.5 Å². The standard InChI is InChI=1S/C29H30N4O4S/c1-3-20(13-12-19(2)37-21-10-6-4-7-11-21)33-22-14-17-30-27-23(22)24(32-28(33)35)25(38-27)26(34)31-18-29(36)15-8-5-9-16-29/h3-4,6-7,10-14,17,36H,2,5,8-9,15-16,18H2,1H3,(H,31,34)(H,32,35)/b13-12-,20-3+. The third-order valence-corrected chi connectivity index (χ3v) is 7.90. The number of rotatable bonds is 8. The molecule has 1 aliphatic carbocycles. The van der Waals surface area contributed by atoms with Crippen molar-refractivity contribution in [1.29, 1.82) is 0 Å². The molecule has 0 unspecified atom stereocenters. The molecule has 2 aliphatic rings. The zero-order chi connectivity index (χ0) is 26.7. The molecule has 196 valence electrons. The molecule has 0 atom stereocenters. The quantitative estimate of drug-likeness (QED) is 0.240. The van der Waals surface area contributed by atoms with E-state index in [-0.39, 0.29) is 12.5 Å². The van der Waals surface area contributed by atoms with Crippen molar-refractivity contribution in [3.05, 3.63) is 83.7 Å². The summed E-state index contributed by atoms with van der Waals surface area (Å²) in [6, 6.07) is 10.7. The molecule has 38 heavy (non-hydrogen) atoms. The number of carbonyl (C=O) groups is 2. The normalized spacial score (nSPS) is 16.9. The summed E-state index contributed by atoms with van der Waals surface area (Å²) in [4.78, 5) is 33.5. The average molecular weight is 531 g/mol. The molecule has 1 aliphatic heterocycles. The number of amides is 3. The van der Waals surface area contributed by atoms with Gasteiger partial charge in [0, 0.05) is 18.4 Å². The molecule has 3 N–H and O–H groups in total. The lowest BCUT2D eigenvalue weighted by Crippen LogP contribution is -2.44. The van der Waals surface area contributed by atoms with Gasteiger partial charge in [-0.25, -0.2) is 9.78 Å². The van der Waals surface area contributed by atoms with Crippen LogP contribution < -0.4 is 20.3 Å². The Kier molecular flexibility index (Phi) is 7.31. The number of para-hydroxylation sites is 1. The third kappa shape index (κ3) is 5.20. The van der Waals surface area contributed by atoms with Crippen molar-refractivity contribution in [2.24, 2.45) is 0 Å². The number of aliphatic hydroxyl groups is 1. The van der Waals surface area contributed by atoms with Gasteiger partial charge in [-0.15, -0.1) is 11.3 Å². The van der Waals surface area contributed by atoms with Gasteiger partial charge >= 0.3 is 6.03 Å². The third-order valence-electron chi connectivity index (χ3n) is 6.80. The average Bonchev–Trinajstić information content (AvgIpc) is 3.29. The Labute approximate surface area is 225 Å². The van der Waals surface area contributed by atoms with Crippen molar-refractivity contribution in [2.75, 3.05) is 16.8 Å². The Balaban J connectivity index is 1.39. The Morgan fingerprint density at radius 1 is 1.24 bits per heavy atom. The van der Waals surface area contributed by atoms with E-state index in [1.165, 1.54) is 11.3 Å². The smallest absolute Gasteiger partial charge is 0.331 e. The van der Waals surface area contributed by atoms with Gasteiger partial charge in [-0.3, -0.25) is 9.69 Å². The molecule has 0 radical (unpaired) electrons. The van der Waals surface area contributed by atoms with Gasteiger partial charge in [-0.1, -0.05) is 50.1 Å². The molecule has 1 fully saturated rings. The van der Waals surface area contributed by atoms with Crippen LogP contribution >= 0.6 is 11.3 Å². The highest BCUT2D eigenvalue weighted by molar-refractivity contribution is 7.21. The predicted octanol–water partition coefficient (Wildman–Crippen LogP) is 6.13. The lowest BCUT2D eigenvalue weighted by molar-refractivity contribution is 0.00530. The van der Waals surface area contributed by atoms with Crippen LogP contribution in [0.1, 0.15) is 48.7 Å². The summed E-state index contributed by atoms with van der Waals surface area (Å²) in [6.45, 7) is 5.97. The number of allylic oxidation sites excluding steroid dienone is 3. The number of nitrogens with zero attached hydrogens (tertiary/aromatic N) is 2. The zero-order valence-electron chi connectivity index (χ0n) is 21.2. The van der Waals surface area contributed by atoms with Crippen molar-refractivity contribution in [3.8, 4) is 5.75 Å². The van der Waals surface area contributed by atoms with E-state index in [0.717, 1.165) is 19.3 Å². The number of aromatic nitrogens is 1. The highest BCUT2D eigenvalue weighted by Gasteiger charge is 2.34. The van der Waals surface area contributed by atoms with Crippen LogP contribution in [0.2, 0.25) is 0 Å². The number of nitrogens with one attached hydrogen (secondary N) is 2. The second-order valence-corrected chi connectivity index (χ2v) is 10.5. The summed E-state index contributed by atoms with van der Waals surface area (Å²) in [6.07, 6.45) is 11.3. The van der Waals surface area contributed by atoms with E-state index in [4.69, 9.17) is 4.74 Å². The molecule has 0 spiro atoms. The Morgan fingerprint density at radius 2 is 2.00 bits per heavy atom. The number of hydrogen-bond donors (Lipinski definition) is 3. The van der Waals surface area contributed by atoms with Crippen LogP contribution in [0.15, 0.2) is 78.9 Å². The molecule has 5 rings (SSSR count). The number of carbonyl (C=O) groups excluding carboxylic acids is 2. The largest absolute Gasteiger partial charge is 0.458 e. The Morgan fingerprint density at radius 3 is 2.74 bits per heavy atom. The lowest BCUT2D eigenvalue weighted by Gasteiger charge is -2.32. The van der Waals surface area contributed by atoms with Gasteiger partial charge in [0.05, 0.1) is 22.4 Å². The minimum atomic E-state index is -0.882. The topological polar surface area (TPSA) is 104 Å². The molecule has 3 aromatic rings. The van der Waals surface area contributed by atoms with Crippen LogP contribution in [0.4, 0.5) is 16.2 Å². The number of pyridine rings is 1. The van der Waals surface area contributed by atoms with E-state index in [1.807, 2.05) is 43.3 Å².